The summed E-state index contributed by atoms with van der Waals surface area (Å²) < 4.78 is 28.2. The summed E-state index contributed by atoms with van der Waals surface area (Å²) in [6.45, 7) is 1.63. The maximum Gasteiger partial charge on any atom is 0.152 e. The molecule has 0 atom stereocenters. The van der Waals surface area contributed by atoms with Crippen molar-refractivity contribution in [1.29, 1.82) is 0 Å². The molecule has 0 aliphatic rings. The highest BCUT2D eigenvalue weighted by Crippen LogP contribution is 2.34. The Kier molecular flexibility index (Phi) is 4.03. The molecule has 21 heavy (non-hydrogen) atoms. The van der Waals surface area contributed by atoms with E-state index in [0.717, 1.165) is 9.75 Å². The molecule has 5 heteroatoms. The van der Waals surface area contributed by atoms with E-state index in [1.807, 2.05) is 35.0 Å². The van der Waals surface area contributed by atoms with Gasteiger partial charge in [0, 0.05) is 9.75 Å². The molecule has 0 radical (unpaired) electrons. The monoisotopic (exact) mass is 321 g/mol. The molecule has 3 rings (SSSR count). The zero-order valence-corrected chi connectivity index (χ0v) is 12.9. The molecule has 0 saturated heterocycles. The van der Waals surface area contributed by atoms with Crippen molar-refractivity contribution in [2.75, 3.05) is 5.32 Å². The second-order valence-electron chi connectivity index (χ2n) is 4.66. The molecule has 1 aromatic carbocycles. The first-order valence-corrected chi connectivity index (χ1v) is 8.20. The topological polar surface area (TPSA) is 12.0 Å². The molecule has 0 bridgehead atoms. The summed E-state index contributed by atoms with van der Waals surface area (Å²) in [7, 11) is 0. The van der Waals surface area contributed by atoms with Crippen molar-refractivity contribution in [2.24, 2.45) is 0 Å². The van der Waals surface area contributed by atoms with E-state index in [4.69, 9.17) is 0 Å². The number of nitrogens with one attached hydrogen (secondary N) is 1. The molecule has 108 valence electrons. The van der Waals surface area contributed by atoms with Gasteiger partial charge < -0.3 is 5.32 Å². The van der Waals surface area contributed by atoms with E-state index in [2.05, 4.69) is 5.32 Å². The van der Waals surface area contributed by atoms with Gasteiger partial charge >= 0.3 is 0 Å². The number of hydrogen-bond donors (Lipinski definition) is 1. The first-order valence-electron chi connectivity index (χ1n) is 6.45. The molecule has 1 N–H and O–H groups in total. The number of anilines is 1. The van der Waals surface area contributed by atoms with Crippen molar-refractivity contribution in [3.05, 3.63) is 74.1 Å². The fraction of sp³-hybridized carbons (Fsp3) is 0.125. The van der Waals surface area contributed by atoms with Gasteiger partial charge in [0.05, 0.1) is 6.04 Å². The summed E-state index contributed by atoms with van der Waals surface area (Å²) in [5, 5.41) is 6.95. The van der Waals surface area contributed by atoms with Gasteiger partial charge in [-0.05, 0) is 41.4 Å². The van der Waals surface area contributed by atoms with Crippen LogP contribution in [0.15, 0.2) is 47.2 Å². The highest BCUT2D eigenvalue weighted by atomic mass is 32.1. The molecule has 0 fully saturated rings. The average Bonchev–Trinajstić information content (AvgIpc) is 3.16. The lowest BCUT2D eigenvalue weighted by Crippen LogP contribution is -2.12. The molecule has 0 amide bonds. The average molecular weight is 321 g/mol. The Bertz CT molecular complexity index is 687. The Morgan fingerprint density at radius 1 is 0.952 bits per heavy atom. The molecule has 0 spiro atoms. The first kappa shape index (κ1) is 14.2. The Labute approximate surface area is 129 Å². The lowest BCUT2D eigenvalue weighted by molar-refractivity contribution is 0.580. The summed E-state index contributed by atoms with van der Waals surface area (Å²) in [5.74, 6) is -1.11. The third kappa shape index (κ3) is 2.84. The van der Waals surface area contributed by atoms with Crippen LogP contribution < -0.4 is 5.32 Å². The van der Waals surface area contributed by atoms with E-state index in [9.17, 15) is 8.78 Å². The minimum Gasteiger partial charge on any atom is -0.368 e. The van der Waals surface area contributed by atoms with Crippen molar-refractivity contribution in [1.82, 2.24) is 0 Å². The zero-order valence-electron chi connectivity index (χ0n) is 11.3. The van der Waals surface area contributed by atoms with Crippen LogP contribution in [0, 0.1) is 18.6 Å². The van der Waals surface area contributed by atoms with E-state index in [1.165, 1.54) is 12.1 Å². The number of rotatable bonds is 4. The van der Waals surface area contributed by atoms with Crippen LogP contribution in [0.25, 0.3) is 0 Å². The van der Waals surface area contributed by atoms with Crippen molar-refractivity contribution in [2.45, 2.75) is 13.0 Å². The second kappa shape index (κ2) is 5.95. The summed E-state index contributed by atoms with van der Waals surface area (Å²) in [6.07, 6.45) is 0. The molecular weight excluding hydrogens is 308 g/mol. The van der Waals surface area contributed by atoms with Gasteiger partial charge in [-0.25, -0.2) is 8.78 Å². The number of aryl methyl sites for hydroxylation is 1. The third-order valence-electron chi connectivity index (χ3n) is 3.23. The maximum atomic E-state index is 14.2. The predicted molar refractivity (Wildman–Crippen MR) is 85.2 cm³/mol. The molecule has 0 aliphatic heterocycles. The van der Waals surface area contributed by atoms with Crippen LogP contribution in [0.3, 0.4) is 0 Å². The van der Waals surface area contributed by atoms with E-state index in [1.54, 1.807) is 29.6 Å². The van der Waals surface area contributed by atoms with Gasteiger partial charge in [-0.15, -0.1) is 22.7 Å². The lowest BCUT2D eigenvalue weighted by atomic mass is 10.1. The molecule has 3 aromatic rings. The summed E-state index contributed by atoms with van der Waals surface area (Å²) in [6, 6.07) is 10.3. The van der Waals surface area contributed by atoms with Crippen molar-refractivity contribution in [3.63, 3.8) is 0 Å². The molecule has 2 aromatic heterocycles. The van der Waals surface area contributed by atoms with Gasteiger partial charge in [-0.1, -0.05) is 18.2 Å². The van der Waals surface area contributed by atoms with Crippen LogP contribution in [0.5, 0.6) is 0 Å². The highest BCUT2D eigenvalue weighted by Gasteiger charge is 2.20. The fourth-order valence-electron chi connectivity index (χ4n) is 2.13. The van der Waals surface area contributed by atoms with Crippen molar-refractivity contribution in [3.8, 4) is 0 Å². The van der Waals surface area contributed by atoms with Crippen LogP contribution in [0.2, 0.25) is 0 Å². The molecule has 2 heterocycles. The van der Waals surface area contributed by atoms with E-state index < -0.39 is 11.6 Å². The van der Waals surface area contributed by atoms with Crippen LogP contribution >= 0.6 is 22.7 Å². The highest BCUT2D eigenvalue weighted by molar-refractivity contribution is 7.11. The largest absolute Gasteiger partial charge is 0.368 e. The lowest BCUT2D eigenvalue weighted by Gasteiger charge is -2.19. The summed E-state index contributed by atoms with van der Waals surface area (Å²) in [4.78, 5) is 2.05. The van der Waals surface area contributed by atoms with Gasteiger partial charge in [0.1, 0.15) is 11.5 Å². The number of hydrogen-bond acceptors (Lipinski definition) is 3. The standard InChI is InChI=1S/C16H13F2NS2/c1-10-6-7-11(17)15(14(10)18)19-16(12-4-2-8-20-12)13-5-3-9-21-13/h2-9,16,19H,1H3. The van der Waals surface area contributed by atoms with Crippen LogP contribution in [-0.4, -0.2) is 0 Å². The van der Waals surface area contributed by atoms with Gasteiger partial charge in [0.15, 0.2) is 5.82 Å². The van der Waals surface area contributed by atoms with Crippen LogP contribution in [-0.2, 0) is 0 Å². The Morgan fingerprint density at radius 2 is 1.57 bits per heavy atom. The quantitative estimate of drug-likeness (QED) is 0.660. The number of thiophene rings is 2. The number of halogens is 2. The molecule has 0 saturated carbocycles. The minimum atomic E-state index is -0.573. The van der Waals surface area contributed by atoms with Crippen LogP contribution in [0.1, 0.15) is 21.4 Å². The summed E-state index contributed by atoms with van der Waals surface area (Å²) >= 11 is 3.13. The molecular formula is C16H13F2NS2. The molecule has 0 unspecified atom stereocenters. The minimum absolute atomic E-state index is 0.0678. The SMILES string of the molecule is Cc1ccc(F)c(NC(c2cccs2)c2cccs2)c1F. The fourth-order valence-corrected chi connectivity index (χ4v) is 3.79. The van der Waals surface area contributed by atoms with E-state index >= 15 is 0 Å². The number of benzene rings is 1. The van der Waals surface area contributed by atoms with Crippen molar-refractivity contribution < 1.29 is 8.78 Å². The Balaban J connectivity index is 2.02. The van der Waals surface area contributed by atoms with Crippen molar-refractivity contribution >= 4 is 28.4 Å². The smallest absolute Gasteiger partial charge is 0.152 e. The second-order valence-corrected chi connectivity index (χ2v) is 6.62. The normalized spacial score (nSPS) is 11.0. The van der Waals surface area contributed by atoms with Gasteiger partial charge in [0.2, 0.25) is 0 Å². The summed E-state index contributed by atoms with van der Waals surface area (Å²) in [5.41, 5.74) is 0.358. The maximum absolute atomic E-state index is 14.2. The first-order chi connectivity index (χ1) is 10.2. The predicted octanol–water partition coefficient (Wildman–Crippen LogP) is 5.60. The van der Waals surface area contributed by atoms with E-state index in [0.29, 0.717) is 5.56 Å². The zero-order chi connectivity index (χ0) is 14.8. The van der Waals surface area contributed by atoms with Crippen LogP contribution in [0.4, 0.5) is 14.5 Å². The Morgan fingerprint density at radius 3 is 2.10 bits per heavy atom. The third-order valence-corrected chi connectivity index (χ3v) is 5.10. The van der Waals surface area contributed by atoms with E-state index in [-0.39, 0.29) is 11.7 Å². The van der Waals surface area contributed by atoms with Gasteiger partial charge in [-0.3, -0.25) is 0 Å². The molecule has 0 aliphatic carbocycles. The Hall–Kier alpha value is -1.72. The van der Waals surface area contributed by atoms with Gasteiger partial charge in [0.25, 0.3) is 0 Å². The molecule has 1 nitrogen and oxygen atoms in total. The van der Waals surface area contributed by atoms with Gasteiger partial charge in [-0.2, -0.15) is 0 Å².